The molecule has 0 aliphatic carbocycles. The molecule has 0 fully saturated rings. The lowest BCUT2D eigenvalue weighted by atomic mass is 10.2. The number of hydrogen-bond acceptors (Lipinski definition) is 1. The van der Waals surface area contributed by atoms with E-state index in [4.69, 9.17) is 0 Å². The Balaban J connectivity index is 3.09. The Morgan fingerprint density at radius 1 is 1.55 bits per heavy atom. The molecule has 4 heteroatoms. The molecule has 0 radical (unpaired) electrons. The second-order valence-corrected chi connectivity index (χ2v) is 3.07. The van der Waals surface area contributed by atoms with E-state index in [-0.39, 0.29) is 5.69 Å². The van der Waals surface area contributed by atoms with E-state index in [1.165, 1.54) is 6.20 Å². The van der Waals surface area contributed by atoms with Gasteiger partial charge < -0.3 is 0 Å². The fourth-order valence-electron chi connectivity index (χ4n) is 0.780. The molecule has 0 atom stereocenters. The van der Waals surface area contributed by atoms with Gasteiger partial charge >= 0.3 is 0 Å². The van der Waals surface area contributed by atoms with E-state index in [9.17, 15) is 8.78 Å². The monoisotopic (exact) mass is 221 g/mol. The first-order valence-corrected chi connectivity index (χ1v) is 3.80. The van der Waals surface area contributed by atoms with E-state index in [1.54, 1.807) is 13.0 Å². The van der Waals surface area contributed by atoms with Crippen molar-refractivity contribution in [3.05, 3.63) is 28.0 Å². The number of halogens is 3. The van der Waals surface area contributed by atoms with Crippen LogP contribution < -0.4 is 0 Å². The number of alkyl halides is 2. The summed E-state index contributed by atoms with van der Waals surface area (Å²) in [6, 6.07) is 1.62. The van der Waals surface area contributed by atoms with Crippen LogP contribution in [0.4, 0.5) is 8.78 Å². The minimum Gasteiger partial charge on any atom is -0.254 e. The summed E-state index contributed by atoms with van der Waals surface area (Å²) in [5, 5.41) is 0. The highest BCUT2D eigenvalue weighted by Crippen LogP contribution is 2.22. The van der Waals surface area contributed by atoms with Crippen LogP contribution in [-0.4, -0.2) is 4.98 Å². The Kier molecular flexibility index (Phi) is 2.54. The van der Waals surface area contributed by atoms with Crippen molar-refractivity contribution in [1.29, 1.82) is 0 Å². The zero-order valence-electron chi connectivity index (χ0n) is 5.81. The highest BCUT2D eigenvalue weighted by molar-refractivity contribution is 9.10. The van der Waals surface area contributed by atoms with Crippen LogP contribution in [0, 0.1) is 6.92 Å². The quantitative estimate of drug-likeness (QED) is 0.711. The van der Waals surface area contributed by atoms with Crippen LogP contribution in [0.25, 0.3) is 0 Å². The minimum absolute atomic E-state index is 0.145. The topological polar surface area (TPSA) is 12.9 Å². The predicted octanol–water partition coefficient (Wildman–Crippen LogP) is 3.09. The van der Waals surface area contributed by atoms with Crippen molar-refractivity contribution in [2.75, 3.05) is 0 Å². The minimum atomic E-state index is -2.48. The summed E-state index contributed by atoms with van der Waals surface area (Å²) >= 11 is 3.14. The number of aromatic nitrogens is 1. The lowest BCUT2D eigenvalue weighted by molar-refractivity contribution is 0.145. The predicted molar refractivity (Wildman–Crippen MR) is 41.6 cm³/mol. The van der Waals surface area contributed by atoms with Gasteiger partial charge in [-0.25, -0.2) is 8.78 Å². The summed E-state index contributed by atoms with van der Waals surface area (Å²) in [4.78, 5) is 3.58. The highest BCUT2D eigenvalue weighted by Gasteiger charge is 2.11. The molecule has 0 amide bonds. The van der Waals surface area contributed by atoms with Gasteiger partial charge in [-0.05, 0) is 34.5 Å². The van der Waals surface area contributed by atoms with Crippen molar-refractivity contribution in [1.82, 2.24) is 4.98 Å². The Hall–Kier alpha value is -0.510. The summed E-state index contributed by atoms with van der Waals surface area (Å²) in [6.07, 6.45) is -1.11. The molecule has 0 aliphatic rings. The van der Waals surface area contributed by atoms with Crippen LogP contribution in [0.3, 0.4) is 0 Å². The van der Waals surface area contributed by atoms with Gasteiger partial charge in [-0.2, -0.15) is 0 Å². The van der Waals surface area contributed by atoms with Crippen LogP contribution in [0.15, 0.2) is 16.7 Å². The SMILES string of the molecule is Cc1cc(Br)cnc1C(F)F. The van der Waals surface area contributed by atoms with Gasteiger partial charge in [0, 0.05) is 10.7 Å². The van der Waals surface area contributed by atoms with Gasteiger partial charge in [-0.15, -0.1) is 0 Å². The van der Waals surface area contributed by atoms with Crippen LogP contribution in [0.2, 0.25) is 0 Å². The molecule has 1 rings (SSSR count). The standard InChI is InChI=1S/C7H6BrF2N/c1-4-2-5(8)3-11-6(4)7(9)10/h2-3,7H,1H3. The summed E-state index contributed by atoms with van der Waals surface area (Å²) in [5.74, 6) is 0. The van der Waals surface area contributed by atoms with Crippen LogP contribution in [0.1, 0.15) is 17.7 Å². The fraction of sp³-hybridized carbons (Fsp3) is 0.286. The molecule has 1 heterocycles. The van der Waals surface area contributed by atoms with E-state index < -0.39 is 6.43 Å². The number of nitrogens with zero attached hydrogens (tertiary/aromatic N) is 1. The Morgan fingerprint density at radius 3 is 2.64 bits per heavy atom. The molecule has 0 N–H and O–H groups in total. The average Bonchev–Trinajstić information content (AvgIpc) is 1.85. The molecule has 0 bridgehead atoms. The number of hydrogen-bond donors (Lipinski definition) is 0. The van der Waals surface area contributed by atoms with E-state index >= 15 is 0 Å². The van der Waals surface area contributed by atoms with Gasteiger partial charge in [0.2, 0.25) is 0 Å². The zero-order valence-corrected chi connectivity index (χ0v) is 7.40. The maximum atomic E-state index is 12.1. The zero-order chi connectivity index (χ0) is 8.43. The molecule has 0 aliphatic heterocycles. The molecule has 0 spiro atoms. The molecule has 1 aromatic rings. The van der Waals surface area contributed by atoms with Gasteiger partial charge in [0.15, 0.2) is 0 Å². The Bertz CT molecular complexity index is 263. The molecule has 0 saturated heterocycles. The second kappa shape index (κ2) is 3.26. The van der Waals surface area contributed by atoms with E-state index in [0.29, 0.717) is 5.56 Å². The normalized spacial score (nSPS) is 10.6. The van der Waals surface area contributed by atoms with Gasteiger partial charge in [-0.1, -0.05) is 0 Å². The van der Waals surface area contributed by atoms with Crippen LogP contribution in [-0.2, 0) is 0 Å². The van der Waals surface area contributed by atoms with Crippen LogP contribution >= 0.6 is 15.9 Å². The third kappa shape index (κ3) is 1.96. The van der Waals surface area contributed by atoms with Gasteiger partial charge in [0.05, 0.1) is 0 Å². The summed E-state index contributed by atoms with van der Waals surface area (Å²) in [7, 11) is 0. The molecule has 11 heavy (non-hydrogen) atoms. The number of rotatable bonds is 1. The molecule has 60 valence electrons. The molecule has 0 unspecified atom stereocenters. The van der Waals surface area contributed by atoms with Crippen LogP contribution in [0.5, 0.6) is 0 Å². The van der Waals surface area contributed by atoms with E-state index in [0.717, 1.165) is 4.47 Å². The Labute approximate surface area is 71.6 Å². The Morgan fingerprint density at radius 2 is 2.18 bits per heavy atom. The summed E-state index contributed by atoms with van der Waals surface area (Å²) in [6.45, 7) is 1.61. The summed E-state index contributed by atoms with van der Waals surface area (Å²) in [5.41, 5.74) is 0.363. The maximum absolute atomic E-state index is 12.1. The van der Waals surface area contributed by atoms with Crippen molar-refractivity contribution < 1.29 is 8.78 Å². The van der Waals surface area contributed by atoms with E-state index in [1.807, 2.05) is 0 Å². The van der Waals surface area contributed by atoms with Crippen molar-refractivity contribution in [2.45, 2.75) is 13.3 Å². The molecule has 0 aromatic carbocycles. The van der Waals surface area contributed by atoms with Crippen molar-refractivity contribution >= 4 is 15.9 Å². The third-order valence-corrected chi connectivity index (χ3v) is 1.73. The first kappa shape index (κ1) is 8.59. The van der Waals surface area contributed by atoms with Crippen molar-refractivity contribution in [2.24, 2.45) is 0 Å². The number of pyridine rings is 1. The van der Waals surface area contributed by atoms with Crippen molar-refractivity contribution in [3.8, 4) is 0 Å². The first-order valence-electron chi connectivity index (χ1n) is 3.01. The lowest BCUT2D eigenvalue weighted by Gasteiger charge is -2.02. The van der Waals surface area contributed by atoms with Gasteiger partial charge in [0.25, 0.3) is 6.43 Å². The smallest absolute Gasteiger partial charge is 0.254 e. The first-order chi connectivity index (χ1) is 5.11. The number of aryl methyl sites for hydroxylation is 1. The molecule has 1 nitrogen and oxygen atoms in total. The fourth-order valence-corrected chi connectivity index (χ4v) is 1.23. The third-order valence-electron chi connectivity index (χ3n) is 1.29. The summed E-state index contributed by atoms with van der Waals surface area (Å²) < 4.78 is 24.9. The van der Waals surface area contributed by atoms with Gasteiger partial charge in [-0.3, -0.25) is 4.98 Å². The van der Waals surface area contributed by atoms with E-state index in [2.05, 4.69) is 20.9 Å². The molecular formula is C7H6BrF2N. The average molecular weight is 222 g/mol. The molecular weight excluding hydrogens is 216 g/mol. The molecule has 0 saturated carbocycles. The van der Waals surface area contributed by atoms with Gasteiger partial charge in [0.1, 0.15) is 5.69 Å². The lowest BCUT2D eigenvalue weighted by Crippen LogP contribution is -1.93. The molecule has 1 aromatic heterocycles. The second-order valence-electron chi connectivity index (χ2n) is 2.16. The largest absolute Gasteiger partial charge is 0.280 e. The highest BCUT2D eigenvalue weighted by atomic mass is 79.9. The van der Waals surface area contributed by atoms with Crippen molar-refractivity contribution in [3.63, 3.8) is 0 Å². The maximum Gasteiger partial charge on any atom is 0.280 e.